The van der Waals surface area contributed by atoms with Crippen molar-refractivity contribution in [1.29, 1.82) is 0 Å². The molecule has 0 spiro atoms. The van der Waals surface area contributed by atoms with E-state index < -0.39 is 0 Å². The van der Waals surface area contributed by atoms with Crippen LogP contribution in [0.15, 0.2) is 18.2 Å². The van der Waals surface area contributed by atoms with E-state index in [1.54, 1.807) is 0 Å². The van der Waals surface area contributed by atoms with Crippen LogP contribution in [-0.2, 0) is 11.2 Å². The predicted octanol–water partition coefficient (Wildman–Crippen LogP) is 3.37. The molecule has 1 amide bonds. The summed E-state index contributed by atoms with van der Waals surface area (Å²) in [6.07, 6.45) is 6.26. The van der Waals surface area contributed by atoms with Crippen molar-refractivity contribution in [2.24, 2.45) is 5.92 Å². The zero-order valence-corrected chi connectivity index (χ0v) is 16.1. The van der Waals surface area contributed by atoms with Gasteiger partial charge in [-0.25, -0.2) is 0 Å². The molecule has 1 aromatic rings. The minimum absolute atomic E-state index is 0.0409. The predicted molar refractivity (Wildman–Crippen MR) is 104 cm³/mol. The number of rotatable bonds is 5. The summed E-state index contributed by atoms with van der Waals surface area (Å²) in [6.45, 7) is 8.05. The van der Waals surface area contributed by atoms with E-state index >= 15 is 0 Å². The van der Waals surface area contributed by atoms with Crippen molar-refractivity contribution in [3.8, 4) is 0 Å². The molecule has 1 atom stereocenters. The van der Waals surface area contributed by atoms with Gasteiger partial charge in [-0.1, -0.05) is 32.4 Å². The molecule has 2 heterocycles. The lowest BCUT2D eigenvalue weighted by Gasteiger charge is -2.36. The Hall–Kier alpha value is -1.55. The first kappa shape index (κ1) is 18.2. The van der Waals surface area contributed by atoms with Gasteiger partial charge in [0.05, 0.1) is 6.04 Å². The molecule has 0 saturated carbocycles. The number of fused-ring (bicyclic) bond motifs is 1. The van der Waals surface area contributed by atoms with Crippen molar-refractivity contribution in [3.63, 3.8) is 0 Å². The Labute approximate surface area is 152 Å². The molecule has 2 aliphatic heterocycles. The summed E-state index contributed by atoms with van der Waals surface area (Å²) in [4.78, 5) is 17.0. The van der Waals surface area contributed by atoms with Crippen molar-refractivity contribution in [2.75, 3.05) is 38.1 Å². The molecular weight excluding hydrogens is 310 g/mol. The van der Waals surface area contributed by atoms with Crippen LogP contribution in [0.5, 0.6) is 0 Å². The van der Waals surface area contributed by atoms with E-state index in [0.29, 0.717) is 12.6 Å². The Kier molecular flexibility index (Phi) is 6.00. The highest BCUT2D eigenvalue weighted by molar-refractivity contribution is 5.77. The molecule has 1 N–H and O–H groups in total. The first-order valence-corrected chi connectivity index (χ1v) is 9.92. The van der Waals surface area contributed by atoms with Gasteiger partial charge in [0, 0.05) is 31.7 Å². The Balaban J connectivity index is 1.81. The van der Waals surface area contributed by atoms with Crippen LogP contribution in [0.4, 0.5) is 5.69 Å². The van der Waals surface area contributed by atoms with Gasteiger partial charge in [0.25, 0.3) is 0 Å². The second kappa shape index (κ2) is 8.22. The highest BCUT2D eigenvalue weighted by Gasteiger charge is 2.25. The van der Waals surface area contributed by atoms with Gasteiger partial charge < -0.3 is 10.2 Å². The molecule has 25 heavy (non-hydrogen) atoms. The van der Waals surface area contributed by atoms with Crippen LogP contribution in [-0.4, -0.2) is 44.0 Å². The zero-order valence-electron chi connectivity index (χ0n) is 16.1. The quantitative estimate of drug-likeness (QED) is 0.890. The molecule has 0 radical (unpaired) electrons. The average molecular weight is 344 g/mol. The van der Waals surface area contributed by atoms with Gasteiger partial charge >= 0.3 is 0 Å². The van der Waals surface area contributed by atoms with Crippen LogP contribution < -0.4 is 10.2 Å². The number of piperidine rings is 1. The van der Waals surface area contributed by atoms with Crippen molar-refractivity contribution >= 4 is 11.6 Å². The van der Waals surface area contributed by atoms with Crippen LogP contribution in [0.2, 0.25) is 0 Å². The normalized spacial score (nSPS) is 19.6. The number of likely N-dealkylation sites (tertiary alicyclic amines) is 1. The molecule has 4 nitrogen and oxygen atoms in total. The molecule has 4 heteroatoms. The third-order valence-electron chi connectivity index (χ3n) is 5.66. The lowest BCUT2D eigenvalue weighted by atomic mass is 9.95. The standard InChI is InChI=1S/C21H33N3O/c1-16(2)21(25)22-15-20(24-12-5-4-6-13-24)18-9-10-19-17(14-18)8-7-11-23(19)3/h9-10,14,16,20H,4-8,11-13,15H2,1-3H3,(H,22,25)/t20-/m1/s1. The molecule has 1 saturated heterocycles. The number of amides is 1. The summed E-state index contributed by atoms with van der Waals surface area (Å²) in [6, 6.07) is 7.25. The molecule has 138 valence electrons. The minimum atomic E-state index is 0.0409. The molecular formula is C21H33N3O. The van der Waals surface area contributed by atoms with Gasteiger partial charge in [-0.3, -0.25) is 9.69 Å². The fourth-order valence-electron chi connectivity index (χ4n) is 4.10. The number of hydrogen-bond donors (Lipinski definition) is 1. The third kappa shape index (κ3) is 4.35. The molecule has 0 bridgehead atoms. The fraction of sp³-hybridized carbons (Fsp3) is 0.667. The maximum absolute atomic E-state index is 12.1. The summed E-state index contributed by atoms with van der Waals surface area (Å²) >= 11 is 0. The molecule has 1 fully saturated rings. The summed E-state index contributed by atoms with van der Waals surface area (Å²) < 4.78 is 0. The Bertz CT molecular complexity index is 593. The van der Waals surface area contributed by atoms with Gasteiger partial charge in [0.2, 0.25) is 5.91 Å². The second-order valence-electron chi connectivity index (χ2n) is 7.93. The van der Waals surface area contributed by atoms with Crippen LogP contribution in [0.25, 0.3) is 0 Å². The lowest BCUT2D eigenvalue weighted by molar-refractivity contribution is -0.124. The van der Waals surface area contributed by atoms with Gasteiger partial charge in [0.1, 0.15) is 0 Å². The van der Waals surface area contributed by atoms with Gasteiger partial charge in [-0.15, -0.1) is 0 Å². The molecule has 0 aliphatic carbocycles. The van der Waals surface area contributed by atoms with E-state index in [4.69, 9.17) is 0 Å². The third-order valence-corrected chi connectivity index (χ3v) is 5.66. The zero-order chi connectivity index (χ0) is 17.8. The molecule has 2 aliphatic rings. The Morgan fingerprint density at radius 1 is 1.12 bits per heavy atom. The number of nitrogens with one attached hydrogen (secondary N) is 1. The van der Waals surface area contributed by atoms with E-state index in [9.17, 15) is 4.79 Å². The largest absolute Gasteiger partial charge is 0.374 e. The number of aryl methyl sites for hydroxylation is 1. The van der Waals surface area contributed by atoms with E-state index in [2.05, 4.69) is 40.4 Å². The van der Waals surface area contributed by atoms with Crippen LogP contribution in [0.3, 0.4) is 0 Å². The lowest BCUT2D eigenvalue weighted by Crippen LogP contribution is -2.41. The van der Waals surface area contributed by atoms with Gasteiger partial charge in [-0.2, -0.15) is 0 Å². The van der Waals surface area contributed by atoms with E-state index in [0.717, 1.165) is 19.6 Å². The summed E-state index contributed by atoms with van der Waals surface area (Å²) in [7, 11) is 2.18. The summed E-state index contributed by atoms with van der Waals surface area (Å²) in [5, 5.41) is 3.18. The van der Waals surface area contributed by atoms with Crippen molar-refractivity contribution in [2.45, 2.75) is 52.0 Å². The van der Waals surface area contributed by atoms with Gasteiger partial charge in [0.15, 0.2) is 0 Å². The van der Waals surface area contributed by atoms with Crippen molar-refractivity contribution in [1.82, 2.24) is 10.2 Å². The smallest absolute Gasteiger partial charge is 0.222 e. The summed E-state index contributed by atoms with van der Waals surface area (Å²) in [5.74, 6) is 0.193. The molecule has 0 unspecified atom stereocenters. The van der Waals surface area contributed by atoms with Crippen molar-refractivity contribution in [3.05, 3.63) is 29.3 Å². The van der Waals surface area contributed by atoms with Crippen LogP contribution in [0.1, 0.15) is 56.7 Å². The number of nitrogens with zero attached hydrogens (tertiary/aromatic N) is 2. The van der Waals surface area contributed by atoms with E-state index in [1.165, 1.54) is 48.9 Å². The first-order valence-electron chi connectivity index (χ1n) is 9.92. The highest BCUT2D eigenvalue weighted by atomic mass is 16.1. The maximum atomic E-state index is 12.1. The number of carbonyl (C=O) groups is 1. The fourth-order valence-corrected chi connectivity index (χ4v) is 4.10. The molecule has 1 aromatic carbocycles. The van der Waals surface area contributed by atoms with E-state index in [-0.39, 0.29) is 11.8 Å². The number of anilines is 1. The second-order valence-corrected chi connectivity index (χ2v) is 7.93. The minimum Gasteiger partial charge on any atom is -0.374 e. The SMILES string of the molecule is CC(C)C(=O)NC[C@H](c1ccc2c(c1)CCCN2C)N1CCCCC1. The highest BCUT2D eigenvalue weighted by Crippen LogP contribution is 2.31. The topological polar surface area (TPSA) is 35.6 Å². The Morgan fingerprint density at radius 3 is 2.60 bits per heavy atom. The average Bonchev–Trinajstić information content (AvgIpc) is 2.62. The van der Waals surface area contributed by atoms with Crippen molar-refractivity contribution < 1.29 is 4.79 Å². The number of hydrogen-bond acceptors (Lipinski definition) is 3. The summed E-state index contributed by atoms with van der Waals surface area (Å²) in [5.41, 5.74) is 4.20. The Morgan fingerprint density at radius 2 is 1.88 bits per heavy atom. The molecule has 0 aromatic heterocycles. The van der Waals surface area contributed by atoms with Crippen LogP contribution >= 0.6 is 0 Å². The maximum Gasteiger partial charge on any atom is 0.222 e. The first-order chi connectivity index (χ1) is 12.1. The van der Waals surface area contributed by atoms with Crippen LogP contribution in [0, 0.1) is 5.92 Å². The number of benzene rings is 1. The number of carbonyl (C=O) groups excluding carboxylic acids is 1. The monoisotopic (exact) mass is 343 g/mol. The van der Waals surface area contributed by atoms with Gasteiger partial charge in [-0.05, 0) is 56.0 Å². The molecule has 3 rings (SSSR count). The van der Waals surface area contributed by atoms with E-state index in [1.807, 2.05) is 13.8 Å².